The molecular formula is C21H36N6O. The van der Waals surface area contributed by atoms with E-state index in [-0.39, 0.29) is 0 Å². The zero-order chi connectivity index (χ0) is 20.3. The Bertz CT molecular complexity index is 785. The van der Waals surface area contributed by atoms with Crippen molar-refractivity contribution in [3.8, 4) is 5.75 Å². The number of nitrogen functional groups attached to an aromatic ring is 1. The van der Waals surface area contributed by atoms with Gasteiger partial charge in [-0.1, -0.05) is 0 Å². The van der Waals surface area contributed by atoms with Crippen molar-refractivity contribution in [2.45, 2.75) is 19.4 Å². The molecule has 1 aromatic carbocycles. The highest BCUT2D eigenvalue weighted by Gasteiger charge is 2.25. The van der Waals surface area contributed by atoms with Crippen LogP contribution in [-0.4, -0.2) is 92.3 Å². The van der Waals surface area contributed by atoms with E-state index in [4.69, 9.17) is 10.5 Å². The standard InChI is InChI=1S/C21H36N6O/c1-24(2)9-6-10-27-20-17-13-16(14-26(5)12-11-25(3)4)15-28-19(17)8-7-18(20)23-21(27)22/h7-8,16H,6,9-15H2,1-5H3,(H2,22,23). The summed E-state index contributed by atoms with van der Waals surface area (Å²) in [5, 5.41) is 0. The number of hydrogen-bond donors (Lipinski definition) is 1. The third-order valence-electron chi connectivity index (χ3n) is 5.45. The predicted molar refractivity (Wildman–Crippen MR) is 116 cm³/mol. The molecule has 2 heterocycles. The maximum atomic E-state index is 6.27. The molecule has 156 valence electrons. The van der Waals surface area contributed by atoms with Gasteiger partial charge in [-0.25, -0.2) is 4.98 Å². The number of benzene rings is 1. The zero-order valence-electron chi connectivity index (χ0n) is 18.1. The molecule has 0 radical (unpaired) electrons. The highest BCUT2D eigenvalue weighted by atomic mass is 16.5. The average Bonchev–Trinajstić information content (AvgIpc) is 2.95. The van der Waals surface area contributed by atoms with Crippen molar-refractivity contribution in [2.75, 3.05) is 73.8 Å². The van der Waals surface area contributed by atoms with Gasteiger partial charge in [0.2, 0.25) is 5.95 Å². The number of rotatable bonds is 9. The number of fused-ring (bicyclic) bond motifs is 3. The fraction of sp³-hybridized carbons (Fsp3) is 0.667. The molecule has 7 nitrogen and oxygen atoms in total. The Morgan fingerprint density at radius 2 is 1.86 bits per heavy atom. The quantitative estimate of drug-likeness (QED) is 0.704. The third kappa shape index (κ3) is 4.96. The Balaban J connectivity index is 1.78. The molecule has 7 heteroatoms. The fourth-order valence-electron chi connectivity index (χ4n) is 3.97. The molecule has 2 aromatic rings. The number of ether oxygens (including phenoxy) is 1. The van der Waals surface area contributed by atoms with Crippen LogP contribution < -0.4 is 10.5 Å². The van der Waals surface area contributed by atoms with E-state index in [0.29, 0.717) is 11.9 Å². The molecule has 3 rings (SSSR count). The van der Waals surface area contributed by atoms with E-state index in [1.54, 1.807) is 0 Å². The predicted octanol–water partition coefficient (Wildman–Crippen LogP) is 1.61. The molecule has 0 aliphatic carbocycles. The topological polar surface area (TPSA) is 62.8 Å². The molecule has 1 aliphatic rings. The molecule has 0 saturated heterocycles. The lowest BCUT2D eigenvalue weighted by molar-refractivity contribution is 0.170. The van der Waals surface area contributed by atoms with Gasteiger partial charge in [0.25, 0.3) is 0 Å². The second-order valence-electron chi connectivity index (χ2n) is 8.64. The summed E-state index contributed by atoms with van der Waals surface area (Å²) in [5.41, 5.74) is 9.68. The van der Waals surface area contributed by atoms with Gasteiger partial charge in [0, 0.05) is 37.7 Å². The summed E-state index contributed by atoms with van der Waals surface area (Å²) in [6.07, 6.45) is 2.06. The first-order chi connectivity index (χ1) is 13.3. The Hall–Kier alpha value is -1.83. The smallest absolute Gasteiger partial charge is 0.201 e. The lowest BCUT2D eigenvalue weighted by Crippen LogP contribution is -2.36. The molecule has 1 unspecified atom stereocenters. The molecule has 0 spiro atoms. The summed E-state index contributed by atoms with van der Waals surface area (Å²) in [6.45, 7) is 5.85. The third-order valence-corrected chi connectivity index (χ3v) is 5.45. The zero-order valence-corrected chi connectivity index (χ0v) is 18.1. The minimum Gasteiger partial charge on any atom is -0.493 e. The Morgan fingerprint density at radius 3 is 2.57 bits per heavy atom. The average molecular weight is 389 g/mol. The summed E-state index contributed by atoms with van der Waals surface area (Å²) < 4.78 is 8.33. The molecule has 0 fully saturated rings. The van der Waals surface area contributed by atoms with Crippen molar-refractivity contribution in [1.29, 1.82) is 0 Å². The summed E-state index contributed by atoms with van der Waals surface area (Å²) in [7, 11) is 10.6. The van der Waals surface area contributed by atoms with Crippen LogP contribution in [0.5, 0.6) is 5.75 Å². The molecule has 0 saturated carbocycles. The number of aromatic nitrogens is 2. The maximum Gasteiger partial charge on any atom is 0.201 e. The van der Waals surface area contributed by atoms with E-state index in [0.717, 1.165) is 69.0 Å². The van der Waals surface area contributed by atoms with E-state index in [9.17, 15) is 0 Å². The van der Waals surface area contributed by atoms with Crippen LogP contribution in [-0.2, 0) is 13.0 Å². The first-order valence-corrected chi connectivity index (χ1v) is 10.2. The van der Waals surface area contributed by atoms with E-state index >= 15 is 0 Å². The Kier molecular flexibility index (Phi) is 6.80. The van der Waals surface area contributed by atoms with Gasteiger partial charge in [-0.15, -0.1) is 0 Å². The van der Waals surface area contributed by atoms with Gasteiger partial charge >= 0.3 is 0 Å². The highest BCUT2D eigenvalue weighted by molar-refractivity contribution is 5.84. The Morgan fingerprint density at radius 1 is 1.11 bits per heavy atom. The number of nitrogens with zero attached hydrogens (tertiary/aromatic N) is 5. The number of likely N-dealkylation sites (N-methyl/N-ethyl adjacent to an activating group) is 2. The van der Waals surface area contributed by atoms with E-state index in [1.165, 1.54) is 5.56 Å². The molecule has 28 heavy (non-hydrogen) atoms. The van der Waals surface area contributed by atoms with E-state index in [1.807, 2.05) is 6.07 Å². The second kappa shape index (κ2) is 9.11. The molecule has 1 atom stereocenters. The summed E-state index contributed by atoms with van der Waals surface area (Å²) >= 11 is 0. The highest BCUT2D eigenvalue weighted by Crippen LogP contribution is 2.35. The summed E-state index contributed by atoms with van der Waals surface area (Å²) in [5.74, 6) is 2.08. The lowest BCUT2D eigenvalue weighted by atomic mass is 9.95. The van der Waals surface area contributed by atoms with Gasteiger partial charge in [-0.2, -0.15) is 0 Å². The van der Waals surface area contributed by atoms with Crippen molar-refractivity contribution in [3.05, 3.63) is 17.7 Å². The van der Waals surface area contributed by atoms with Crippen LogP contribution in [0.25, 0.3) is 11.0 Å². The van der Waals surface area contributed by atoms with Crippen molar-refractivity contribution >= 4 is 17.0 Å². The Labute approximate surface area is 169 Å². The van der Waals surface area contributed by atoms with Gasteiger partial charge in [-0.05, 0) is 66.8 Å². The van der Waals surface area contributed by atoms with Gasteiger partial charge in [0.1, 0.15) is 5.75 Å². The van der Waals surface area contributed by atoms with Crippen LogP contribution >= 0.6 is 0 Å². The van der Waals surface area contributed by atoms with Crippen LogP contribution in [0.3, 0.4) is 0 Å². The normalized spacial score (nSPS) is 16.9. The van der Waals surface area contributed by atoms with Crippen molar-refractivity contribution in [2.24, 2.45) is 5.92 Å². The summed E-state index contributed by atoms with van der Waals surface area (Å²) in [4.78, 5) is 11.4. The van der Waals surface area contributed by atoms with Crippen LogP contribution in [0.15, 0.2) is 12.1 Å². The monoisotopic (exact) mass is 388 g/mol. The van der Waals surface area contributed by atoms with Crippen molar-refractivity contribution in [1.82, 2.24) is 24.3 Å². The molecular weight excluding hydrogens is 352 g/mol. The number of aryl methyl sites for hydroxylation is 1. The van der Waals surface area contributed by atoms with Crippen LogP contribution in [0.4, 0.5) is 5.95 Å². The summed E-state index contributed by atoms with van der Waals surface area (Å²) in [6, 6.07) is 4.09. The first-order valence-electron chi connectivity index (χ1n) is 10.2. The van der Waals surface area contributed by atoms with Gasteiger partial charge in [-0.3, -0.25) is 0 Å². The minimum atomic E-state index is 0.483. The molecule has 0 amide bonds. The van der Waals surface area contributed by atoms with Crippen molar-refractivity contribution < 1.29 is 4.74 Å². The SMILES string of the molecule is CN(C)CCCn1c(N)nc2ccc3c(c21)CC(CN(C)CCN(C)C)CO3. The second-order valence-corrected chi connectivity index (χ2v) is 8.64. The lowest BCUT2D eigenvalue weighted by Gasteiger charge is -2.30. The molecule has 0 bridgehead atoms. The van der Waals surface area contributed by atoms with Crippen LogP contribution in [0.2, 0.25) is 0 Å². The largest absolute Gasteiger partial charge is 0.493 e. The van der Waals surface area contributed by atoms with Gasteiger partial charge in [0.05, 0.1) is 17.6 Å². The first kappa shape index (κ1) is 20.9. The van der Waals surface area contributed by atoms with E-state index in [2.05, 4.69) is 65.6 Å². The van der Waals surface area contributed by atoms with Gasteiger partial charge < -0.3 is 29.7 Å². The molecule has 1 aliphatic heterocycles. The van der Waals surface area contributed by atoms with Crippen LogP contribution in [0.1, 0.15) is 12.0 Å². The van der Waals surface area contributed by atoms with E-state index < -0.39 is 0 Å². The number of nitrogens with two attached hydrogens (primary N) is 1. The molecule has 1 aromatic heterocycles. The number of anilines is 1. The fourth-order valence-corrected chi connectivity index (χ4v) is 3.97. The minimum absolute atomic E-state index is 0.483. The van der Waals surface area contributed by atoms with Gasteiger partial charge in [0.15, 0.2) is 0 Å². The van der Waals surface area contributed by atoms with Crippen LogP contribution in [0, 0.1) is 5.92 Å². The van der Waals surface area contributed by atoms with Crippen molar-refractivity contribution in [3.63, 3.8) is 0 Å². The molecule has 2 N–H and O–H groups in total. The number of hydrogen-bond acceptors (Lipinski definition) is 6. The number of imidazole rings is 1. The maximum absolute atomic E-state index is 6.27.